The van der Waals surface area contributed by atoms with E-state index in [2.05, 4.69) is 5.10 Å². The van der Waals surface area contributed by atoms with Crippen LogP contribution >= 0.6 is 0 Å². The van der Waals surface area contributed by atoms with Gasteiger partial charge in [-0.05, 0) is 66.2 Å². The Morgan fingerprint density at radius 3 is 2.42 bits per heavy atom. The average molecular weight is 419 g/mol. The van der Waals surface area contributed by atoms with Crippen LogP contribution in [-0.2, 0) is 4.79 Å². The van der Waals surface area contributed by atoms with E-state index in [-0.39, 0.29) is 18.6 Å². The molecule has 1 aromatic heterocycles. The second-order valence-corrected chi connectivity index (χ2v) is 6.93. The number of amides is 2. The molecular weight excluding hydrogens is 398 g/mol. The number of hydrazone groups is 1. The molecule has 2 aromatic carbocycles. The molecule has 0 spiro atoms. The number of carbonyl (C=O) groups is 2. The van der Waals surface area contributed by atoms with E-state index in [1.165, 1.54) is 5.01 Å². The summed E-state index contributed by atoms with van der Waals surface area (Å²) < 4.78 is 16.3. The Balaban J connectivity index is 1.51. The maximum absolute atomic E-state index is 12.9. The second kappa shape index (κ2) is 8.74. The molecule has 3 aromatic rings. The van der Waals surface area contributed by atoms with Gasteiger partial charge < -0.3 is 19.6 Å². The smallest absolute Gasteiger partial charge is 0.281 e. The second-order valence-electron chi connectivity index (χ2n) is 6.93. The molecule has 4 rings (SSSR count). The number of nitrogens with zero attached hydrogens (tertiary/aromatic N) is 2. The monoisotopic (exact) mass is 419 g/mol. The van der Waals surface area contributed by atoms with E-state index in [4.69, 9.17) is 19.6 Å². The van der Waals surface area contributed by atoms with Gasteiger partial charge in [-0.1, -0.05) is 0 Å². The Kier molecular flexibility index (Phi) is 5.70. The lowest BCUT2D eigenvalue weighted by Crippen LogP contribution is -2.31. The Labute approximate surface area is 178 Å². The number of furan rings is 1. The molecule has 0 fully saturated rings. The Morgan fingerprint density at radius 1 is 1.10 bits per heavy atom. The Hall–Kier alpha value is -4.07. The van der Waals surface area contributed by atoms with Crippen molar-refractivity contribution in [2.45, 2.75) is 12.5 Å². The SMILES string of the molecule is COc1ccc(C2=NN(C(=O)COc3ccc(C(N)=O)cc3)[C@H](c3ccco3)C2)cc1. The van der Waals surface area contributed by atoms with Crippen LogP contribution in [0.3, 0.4) is 0 Å². The predicted octanol–water partition coefficient (Wildman–Crippen LogP) is 3.14. The fourth-order valence-electron chi connectivity index (χ4n) is 3.33. The molecule has 1 aliphatic heterocycles. The van der Waals surface area contributed by atoms with Crippen molar-refractivity contribution in [3.8, 4) is 11.5 Å². The number of carbonyl (C=O) groups excluding carboxylic acids is 2. The lowest BCUT2D eigenvalue weighted by molar-refractivity contribution is -0.135. The van der Waals surface area contributed by atoms with E-state index in [9.17, 15) is 9.59 Å². The first-order valence-corrected chi connectivity index (χ1v) is 9.65. The van der Waals surface area contributed by atoms with Gasteiger partial charge in [0.1, 0.15) is 23.3 Å². The molecule has 158 valence electrons. The van der Waals surface area contributed by atoms with E-state index in [0.717, 1.165) is 17.0 Å². The predicted molar refractivity (Wildman–Crippen MR) is 113 cm³/mol. The summed E-state index contributed by atoms with van der Waals surface area (Å²) in [6, 6.07) is 17.0. The van der Waals surface area contributed by atoms with E-state index in [0.29, 0.717) is 23.5 Å². The maximum Gasteiger partial charge on any atom is 0.281 e. The van der Waals surface area contributed by atoms with Gasteiger partial charge in [-0.3, -0.25) is 9.59 Å². The van der Waals surface area contributed by atoms with Crippen molar-refractivity contribution >= 4 is 17.5 Å². The third-order valence-corrected chi connectivity index (χ3v) is 4.96. The fourth-order valence-corrected chi connectivity index (χ4v) is 3.33. The standard InChI is InChI=1S/C23H21N3O5/c1-29-17-8-4-15(5-9-17)19-13-20(21-3-2-12-30-21)26(25-19)22(27)14-31-18-10-6-16(7-11-18)23(24)28/h2-12,20H,13-14H2,1H3,(H2,24,28)/t20-/m0/s1. The van der Waals surface area contributed by atoms with Crippen LogP contribution in [0.15, 0.2) is 76.4 Å². The fraction of sp³-hybridized carbons (Fsp3) is 0.174. The molecule has 2 amide bonds. The van der Waals surface area contributed by atoms with Crippen LogP contribution in [0.25, 0.3) is 0 Å². The van der Waals surface area contributed by atoms with Gasteiger partial charge in [0.2, 0.25) is 5.91 Å². The number of rotatable bonds is 7. The van der Waals surface area contributed by atoms with Gasteiger partial charge in [-0.2, -0.15) is 5.10 Å². The minimum Gasteiger partial charge on any atom is -0.497 e. The van der Waals surface area contributed by atoms with Crippen molar-refractivity contribution in [3.05, 3.63) is 83.8 Å². The minimum atomic E-state index is -0.526. The number of primary amides is 1. The van der Waals surface area contributed by atoms with Crippen LogP contribution in [0.2, 0.25) is 0 Å². The topological polar surface area (TPSA) is 107 Å². The highest BCUT2D eigenvalue weighted by Crippen LogP contribution is 2.33. The van der Waals surface area contributed by atoms with Crippen molar-refractivity contribution in [3.63, 3.8) is 0 Å². The number of ether oxygens (including phenoxy) is 2. The van der Waals surface area contributed by atoms with Crippen LogP contribution in [0.4, 0.5) is 0 Å². The average Bonchev–Trinajstić information content (AvgIpc) is 3.48. The maximum atomic E-state index is 12.9. The molecule has 2 heterocycles. The number of hydrogen-bond acceptors (Lipinski definition) is 6. The van der Waals surface area contributed by atoms with Gasteiger partial charge in [0.05, 0.1) is 19.1 Å². The molecule has 0 bridgehead atoms. The van der Waals surface area contributed by atoms with Gasteiger partial charge in [-0.15, -0.1) is 0 Å². The summed E-state index contributed by atoms with van der Waals surface area (Å²) >= 11 is 0. The van der Waals surface area contributed by atoms with Gasteiger partial charge in [-0.25, -0.2) is 5.01 Å². The first-order valence-electron chi connectivity index (χ1n) is 9.65. The van der Waals surface area contributed by atoms with Gasteiger partial charge in [0.15, 0.2) is 6.61 Å². The van der Waals surface area contributed by atoms with E-state index < -0.39 is 5.91 Å². The van der Waals surface area contributed by atoms with E-state index in [1.807, 2.05) is 30.3 Å². The van der Waals surface area contributed by atoms with Crippen molar-refractivity contribution < 1.29 is 23.5 Å². The zero-order chi connectivity index (χ0) is 21.8. The summed E-state index contributed by atoms with van der Waals surface area (Å²) in [6.07, 6.45) is 2.08. The molecule has 0 unspecified atom stereocenters. The molecule has 2 N–H and O–H groups in total. The molecule has 8 nitrogen and oxygen atoms in total. The van der Waals surface area contributed by atoms with Crippen LogP contribution in [0.1, 0.15) is 34.1 Å². The normalized spacial score (nSPS) is 15.5. The first kappa shape index (κ1) is 20.2. The summed E-state index contributed by atoms with van der Waals surface area (Å²) in [5.41, 5.74) is 7.27. The quantitative estimate of drug-likeness (QED) is 0.633. The number of benzene rings is 2. The molecule has 0 radical (unpaired) electrons. The number of hydrogen-bond donors (Lipinski definition) is 1. The highest BCUT2D eigenvalue weighted by molar-refractivity contribution is 6.03. The minimum absolute atomic E-state index is 0.216. The Bertz CT molecular complexity index is 1090. The summed E-state index contributed by atoms with van der Waals surface area (Å²) in [6.45, 7) is -0.216. The largest absolute Gasteiger partial charge is 0.497 e. The molecule has 1 aliphatic rings. The lowest BCUT2D eigenvalue weighted by atomic mass is 10.0. The molecular formula is C23H21N3O5. The van der Waals surface area contributed by atoms with Gasteiger partial charge in [0.25, 0.3) is 5.91 Å². The summed E-state index contributed by atoms with van der Waals surface area (Å²) in [5.74, 6) is 0.997. The zero-order valence-corrected chi connectivity index (χ0v) is 16.9. The van der Waals surface area contributed by atoms with Gasteiger partial charge >= 0.3 is 0 Å². The summed E-state index contributed by atoms with van der Waals surface area (Å²) in [5, 5.41) is 5.96. The highest BCUT2D eigenvalue weighted by Gasteiger charge is 2.35. The molecule has 8 heteroatoms. The van der Waals surface area contributed by atoms with Crippen molar-refractivity contribution in [2.24, 2.45) is 10.8 Å². The molecule has 0 saturated carbocycles. The van der Waals surface area contributed by atoms with Crippen LogP contribution < -0.4 is 15.2 Å². The van der Waals surface area contributed by atoms with Crippen LogP contribution in [0.5, 0.6) is 11.5 Å². The first-order chi connectivity index (χ1) is 15.0. The lowest BCUT2D eigenvalue weighted by Gasteiger charge is -2.20. The number of methoxy groups -OCH3 is 1. The van der Waals surface area contributed by atoms with Crippen LogP contribution in [-0.4, -0.2) is 36.3 Å². The van der Waals surface area contributed by atoms with Crippen molar-refractivity contribution in [1.29, 1.82) is 0 Å². The zero-order valence-electron chi connectivity index (χ0n) is 16.9. The summed E-state index contributed by atoms with van der Waals surface area (Å²) in [4.78, 5) is 24.1. The van der Waals surface area contributed by atoms with E-state index >= 15 is 0 Å². The van der Waals surface area contributed by atoms with E-state index in [1.54, 1.807) is 43.7 Å². The number of nitrogens with two attached hydrogens (primary N) is 1. The van der Waals surface area contributed by atoms with Crippen molar-refractivity contribution in [1.82, 2.24) is 5.01 Å². The van der Waals surface area contributed by atoms with Crippen molar-refractivity contribution in [2.75, 3.05) is 13.7 Å². The van der Waals surface area contributed by atoms with Crippen LogP contribution in [0, 0.1) is 0 Å². The molecule has 1 atom stereocenters. The van der Waals surface area contributed by atoms with Gasteiger partial charge in [0, 0.05) is 12.0 Å². The summed E-state index contributed by atoms with van der Waals surface area (Å²) in [7, 11) is 1.61. The third kappa shape index (κ3) is 4.42. The molecule has 0 aliphatic carbocycles. The third-order valence-electron chi connectivity index (χ3n) is 4.96. The Morgan fingerprint density at radius 2 is 1.81 bits per heavy atom. The molecule has 0 saturated heterocycles. The molecule has 31 heavy (non-hydrogen) atoms. The highest BCUT2D eigenvalue weighted by atomic mass is 16.5.